The topological polar surface area (TPSA) is 90.2 Å². The summed E-state index contributed by atoms with van der Waals surface area (Å²) in [4.78, 5) is 0. The minimum atomic E-state index is -0.355. The third-order valence-corrected chi connectivity index (χ3v) is 4.33. The summed E-state index contributed by atoms with van der Waals surface area (Å²) in [6, 6.07) is 14.2. The van der Waals surface area contributed by atoms with E-state index in [1.165, 1.54) is 25.5 Å². The van der Waals surface area contributed by atoms with Crippen molar-refractivity contribution >= 4 is 17.8 Å². The first-order valence-electron chi connectivity index (χ1n) is 9.98. The van der Waals surface area contributed by atoms with E-state index >= 15 is 0 Å². The lowest BCUT2D eigenvalue weighted by Gasteiger charge is -2.16. The second-order valence-corrected chi connectivity index (χ2v) is 6.74. The molecule has 0 aliphatic carbocycles. The fraction of sp³-hybridized carbons (Fsp3) is 0.250. The first-order valence-corrected chi connectivity index (χ1v) is 9.98. The van der Waals surface area contributed by atoms with Gasteiger partial charge in [-0.25, -0.2) is 4.39 Å². The lowest BCUT2D eigenvalue weighted by Crippen LogP contribution is -2.10. The summed E-state index contributed by atoms with van der Waals surface area (Å²) in [6.45, 7) is 3.33. The molecule has 2 aromatic carbocycles. The zero-order valence-electron chi connectivity index (χ0n) is 17.9. The summed E-state index contributed by atoms with van der Waals surface area (Å²) in [6.07, 6.45) is 4.92. The Labute approximate surface area is 182 Å². The van der Waals surface area contributed by atoms with Crippen LogP contribution in [0.3, 0.4) is 0 Å². The monoisotopic (exact) mass is 424 g/mol. The van der Waals surface area contributed by atoms with E-state index in [0.717, 1.165) is 12.1 Å². The molecule has 0 fully saturated rings. The van der Waals surface area contributed by atoms with Gasteiger partial charge in [-0.15, -0.1) is 0 Å². The minimum absolute atomic E-state index is 0.0285. The summed E-state index contributed by atoms with van der Waals surface area (Å²) in [5, 5.41) is 21.8. The van der Waals surface area contributed by atoms with Crippen molar-refractivity contribution < 1.29 is 13.9 Å². The number of hydrogen-bond acceptors (Lipinski definition) is 6. The Morgan fingerprint density at radius 2 is 1.90 bits per heavy atom. The Morgan fingerprint density at radius 3 is 2.58 bits per heavy atom. The maximum atomic E-state index is 13.9. The van der Waals surface area contributed by atoms with Crippen LogP contribution in [0.4, 0.5) is 10.1 Å². The molecule has 4 N–H and O–H groups in total. The van der Waals surface area contributed by atoms with Crippen molar-refractivity contribution in [1.82, 2.24) is 5.32 Å². The van der Waals surface area contributed by atoms with E-state index < -0.39 is 0 Å². The summed E-state index contributed by atoms with van der Waals surface area (Å²) in [7, 11) is 1.42. The number of rotatable bonds is 12. The Hall–Kier alpha value is -3.45. The van der Waals surface area contributed by atoms with E-state index in [4.69, 9.17) is 20.3 Å². The highest BCUT2D eigenvalue weighted by Crippen LogP contribution is 2.22. The van der Waals surface area contributed by atoms with Crippen LogP contribution in [0.5, 0.6) is 0 Å². The van der Waals surface area contributed by atoms with Gasteiger partial charge in [-0.05, 0) is 36.3 Å². The van der Waals surface area contributed by atoms with E-state index in [0.29, 0.717) is 35.5 Å². The summed E-state index contributed by atoms with van der Waals surface area (Å²) < 4.78 is 24.7. The lowest BCUT2D eigenvalue weighted by molar-refractivity contribution is 0.107. The molecule has 0 saturated heterocycles. The zero-order chi connectivity index (χ0) is 22.5. The smallest absolute Gasteiger partial charge is 0.207 e. The first kappa shape index (κ1) is 23.8. The van der Waals surface area contributed by atoms with Gasteiger partial charge in [0, 0.05) is 48.4 Å². The van der Waals surface area contributed by atoms with Crippen LogP contribution in [-0.2, 0) is 22.7 Å². The predicted octanol–water partition coefficient (Wildman–Crippen LogP) is 5.00. The highest BCUT2D eigenvalue weighted by molar-refractivity contribution is 5.87. The average molecular weight is 425 g/mol. The standard InChI is InChI=1S/C24H29FN4O2/c1-3-28-15-19(14-26)11-22(13-24(27)30-2)29-23-10-9-21(25)12-20(23)17-31-16-18-7-5-4-6-8-18/h4-10,12-15,26-29H,3,11,16-17H2,1-2H3/b19-15-,22-13-,26-14?,27-24?. The van der Waals surface area contributed by atoms with Gasteiger partial charge in [0.25, 0.3) is 0 Å². The fourth-order valence-electron chi connectivity index (χ4n) is 2.77. The molecule has 0 amide bonds. The predicted molar refractivity (Wildman–Crippen MR) is 123 cm³/mol. The second kappa shape index (κ2) is 13.0. The quantitative estimate of drug-likeness (QED) is 0.285. The maximum Gasteiger partial charge on any atom is 0.207 e. The molecule has 0 saturated carbocycles. The number of halogens is 1. The normalized spacial score (nSPS) is 11.7. The van der Waals surface area contributed by atoms with Crippen LogP contribution in [0.25, 0.3) is 0 Å². The van der Waals surface area contributed by atoms with E-state index in [2.05, 4.69) is 10.6 Å². The van der Waals surface area contributed by atoms with Gasteiger partial charge in [0.2, 0.25) is 5.90 Å². The van der Waals surface area contributed by atoms with Crippen molar-refractivity contribution in [3.8, 4) is 0 Å². The van der Waals surface area contributed by atoms with Crippen molar-refractivity contribution in [3.05, 3.63) is 89.0 Å². The van der Waals surface area contributed by atoms with Crippen LogP contribution in [0.1, 0.15) is 24.5 Å². The van der Waals surface area contributed by atoms with Gasteiger partial charge >= 0.3 is 0 Å². The average Bonchev–Trinajstić information content (AvgIpc) is 2.78. The number of nitrogens with one attached hydrogen (secondary N) is 4. The third-order valence-electron chi connectivity index (χ3n) is 4.33. The maximum absolute atomic E-state index is 13.9. The fourth-order valence-corrected chi connectivity index (χ4v) is 2.77. The number of allylic oxidation sites excluding steroid dienone is 1. The van der Waals surface area contributed by atoms with Crippen LogP contribution in [0, 0.1) is 16.6 Å². The van der Waals surface area contributed by atoms with Gasteiger partial charge in [0.05, 0.1) is 20.3 Å². The number of anilines is 1. The van der Waals surface area contributed by atoms with Gasteiger partial charge in [0.15, 0.2) is 0 Å². The van der Waals surface area contributed by atoms with Crippen LogP contribution < -0.4 is 10.6 Å². The molecule has 6 nitrogen and oxygen atoms in total. The molecule has 0 aliphatic heterocycles. The lowest BCUT2D eigenvalue weighted by atomic mass is 10.1. The van der Waals surface area contributed by atoms with Gasteiger partial charge in [-0.1, -0.05) is 30.3 Å². The van der Waals surface area contributed by atoms with Gasteiger partial charge in [-0.2, -0.15) is 0 Å². The molecule has 0 heterocycles. The van der Waals surface area contributed by atoms with Crippen molar-refractivity contribution in [3.63, 3.8) is 0 Å². The number of ether oxygens (including phenoxy) is 2. The summed E-state index contributed by atoms with van der Waals surface area (Å²) in [5.41, 5.74) is 3.70. The first-order chi connectivity index (χ1) is 15.0. The van der Waals surface area contributed by atoms with Crippen LogP contribution >= 0.6 is 0 Å². The van der Waals surface area contributed by atoms with Crippen molar-refractivity contribution in [1.29, 1.82) is 10.8 Å². The SMILES string of the molecule is CCN/C=C(\C=N)C/C(=C/C(=N)OC)Nc1ccc(F)cc1COCc1ccccc1. The van der Waals surface area contributed by atoms with Crippen molar-refractivity contribution in [2.45, 2.75) is 26.6 Å². The van der Waals surface area contributed by atoms with Gasteiger partial charge in [-0.3, -0.25) is 5.41 Å². The van der Waals surface area contributed by atoms with E-state index in [-0.39, 0.29) is 18.3 Å². The molecule has 0 unspecified atom stereocenters. The molecule has 164 valence electrons. The van der Waals surface area contributed by atoms with Crippen LogP contribution in [0.15, 0.2) is 72.1 Å². The molecule has 0 spiro atoms. The molecule has 2 rings (SSSR count). The van der Waals surface area contributed by atoms with Crippen molar-refractivity contribution in [2.24, 2.45) is 0 Å². The molecule has 0 aromatic heterocycles. The van der Waals surface area contributed by atoms with Crippen LogP contribution in [0.2, 0.25) is 0 Å². The number of methoxy groups -OCH3 is 1. The Bertz CT molecular complexity index is 926. The van der Waals surface area contributed by atoms with E-state index in [9.17, 15) is 4.39 Å². The van der Waals surface area contributed by atoms with Crippen LogP contribution in [-0.4, -0.2) is 25.8 Å². The third kappa shape index (κ3) is 8.44. The number of hydrogen-bond donors (Lipinski definition) is 4. The summed E-state index contributed by atoms with van der Waals surface area (Å²) in [5.74, 6) is -0.384. The largest absolute Gasteiger partial charge is 0.481 e. The number of benzene rings is 2. The Balaban J connectivity index is 2.19. The highest BCUT2D eigenvalue weighted by atomic mass is 19.1. The molecular weight excluding hydrogens is 395 g/mol. The Kier molecular flexibility index (Phi) is 9.97. The molecule has 2 aromatic rings. The van der Waals surface area contributed by atoms with Crippen molar-refractivity contribution in [2.75, 3.05) is 19.0 Å². The van der Waals surface area contributed by atoms with E-state index in [1.54, 1.807) is 18.3 Å². The zero-order valence-corrected chi connectivity index (χ0v) is 17.9. The van der Waals surface area contributed by atoms with Gasteiger partial charge in [0.1, 0.15) is 5.82 Å². The molecule has 0 aliphatic rings. The molecular formula is C24H29FN4O2. The minimum Gasteiger partial charge on any atom is -0.481 e. The van der Waals surface area contributed by atoms with E-state index in [1.807, 2.05) is 37.3 Å². The highest BCUT2D eigenvalue weighted by Gasteiger charge is 2.10. The molecule has 7 heteroatoms. The molecule has 0 atom stereocenters. The van der Waals surface area contributed by atoms with Gasteiger partial charge < -0.3 is 25.5 Å². The Morgan fingerprint density at radius 1 is 1.13 bits per heavy atom. The molecule has 0 bridgehead atoms. The molecule has 31 heavy (non-hydrogen) atoms. The molecule has 0 radical (unpaired) electrons. The summed E-state index contributed by atoms with van der Waals surface area (Å²) >= 11 is 0. The second-order valence-electron chi connectivity index (χ2n) is 6.74.